The van der Waals surface area contributed by atoms with Gasteiger partial charge in [0, 0.05) is 38.5 Å². The van der Waals surface area contributed by atoms with E-state index < -0.39 is 5.79 Å². The van der Waals surface area contributed by atoms with Crippen molar-refractivity contribution >= 4 is 17.5 Å². The van der Waals surface area contributed by atoms with Crippen molar-refractivity contribution < 1.29 is 19.1 Å². The van der Waals surface area contributed by atoms with E-state index in [1.807, 2.05) is 24.3 Å². The van der Waals surface area contributed by atoms with Crippen molar-refractivity contribution in [2.75, 3.05) is 37.7 Å². The molecule has 0 aromatic heterocycles. The maximum absolute atomic E-state index is 12.8. The van der Waals surface area contributed by atoms with Crippen LogP contribution in [0.25, 0.3) is 0 Å². The topological polar surface area (TPSA) is 59.1 Å². The fraction of sp³-hybridized carbons (Fsp3) is 0.619. The summed E-state index contributed by atoms with van der Waals surface area (Å²) in [7, 11) is 0. The molecule has 2 fully saturated rings. The van der Waals surface area contributed by atoms with Gasteiger partial charge < -0.3 is 19.3 Å². The smallest absolute Gasteiger partial charge is 0.242 e. The van der Waals surface area contributed by atoms with Crippen LogP contribution in [0.4, 0.5) is 5.69 Å². The van der Waals surface area contributed by atoms with Crippen LogP contribution < -0.4 is 4.90 Å². The third-order valence-electron chi connectivity index (χ3n) is 5.41. The molecule has 0 unspecified atom stereocenters. The summed E-state index contributed by atoms with van der Waals surface area (Å²) >= 11 is 0. The molecule has 2 saturated heterocycles. The molecule has 0 radical (unpaired) electrons. The number of carbonyl (C=O) groups is 2. The third kappa shape index (κ3) is 4.50. The van der Waals surface area contributed by atoms with Crippen molar-refractivity contribution in [3.8, 4) is 0 Å². The lowest BCUT2D eigenvalue weighted by Gasteiger charge is -2.38. The molecule has 2 heterocycles. The number of likely N-dealkylation sites (tertiary alicyclic amines) is 1. The molecule has 0 bridgehead atoms. The number of ether oxygens (including phenoxy) is 2. The van der Waals surface area contributed by atoms with Crippen LogP contribution in [-0.2, 0) is 24.5 Å². The van der Waals surface area contributed by atoms with Crippen LogP contribution in [0, 0.1) is 0 Å². The molecule has 27 heavy (non-hydrogen) atoms. The molecule has 1 spiro atoms. The summed E-state index contributed by atoms with van der Waals surface area (Å²) in [5.74, 6) is -0.680. The second-order valence-corrected chi connectivity index (χ2v) is 8.39. The molecule has 1 aromatic carbocycles. The van der Waals surface area contributed by atoms with Crippen molar-refractivity contribution in [2.24, 2.45) is 0 Å². The van der Waals surface area contributed by atoms with E-state index in [1.54, 1.807) is 9.80 Å². The van der Waals surface area contributed by atoms with Gasteiger partial charge in [-0.3, -0.25) is 9.59 Å². The Morgan fingerprint density at radius 2 is 1.63 bits per heavy atom. The van der Waals surface area contributed by atoms with Crippen LogP contribution in [0.15, 0.2) is 24.3 Å². The molecule has 148 valence electrons. The van der Waals surface area contributed by atoms with E-state index in [2.05, 4.69) is 20.8 Å². The number of amides is 2. The molecule has 2 aliphatic rings. The van der Waals surface area contributed by atoms with Gasteiger partial charge in [0.05, 0.1) is 13.2 Å². The van der Waals surface area contributed by atoms with Crippen molar-refractivity contribution in [1.82, 2.24) is 4.90 Å². The van der Waals surface area contributed by atoms with E-state index in [0.29, 0.717) is 39.1 Å². The van der Waals surface area contributed by atoms with Gasteiger partial charge in [-0.2, -0.15) is 0 Å². The summed E-state index contributed by atoms with van der Waals surface area (Å²) < 4.78 is 11.4. The van der Waals surface area contributed by atoms with Gasteiger partial charge in [0.15, 0.2) is 5.79 Å². The Kier molecular flexibility index (Phi) is 5.58. The maximum atomic E-state index is 12.8. The van der Waals surface area contributed by atoms with Crippen LogP contribution in [0.3, 0.4) is 0 Å². The van der Waals surface area contributed by atoms with E-state index in [9.17, 15) is 9.59 Å². The lowest BCUT2D eigenvalue weighted by atomic mass is 9.87. The summed E-state index contributed by atoms with van der Waals surface area (Å²) in [6, 6.07) is 7.88. The molecule has 0 N–H and O–H groups in total. The Bertz CT molecular complexity index is 677. The summed E-state index contributed by atoms with van der Waals surface area (Å²) in [4.78, 5) is 28.3. The highest BCUT2D eigenvalue weighted by molar-refractivity contribution is 5.97. The normalized spacial score (nSPS) is 19.3. The van der Waals surface area contributed by atoms with Crippen molar-refractivity contribution in [3.05, 3.63) is 29.8 Å². The van der Waals surface area contributed by atoms with Gasteiger partial charge in [-0.25, -0.2) is 0 Å². The third-order valence-corrected chi connectivity index (χ3v) is 5.41. The monoisotopic (exact) mass is 374 g/mol. The zero-order chi connectivity index (χ0) is 19.7. The zero-order valence-corrected chi connectivity index (χ0v) is 16.8. The first-order chi connectivity index (χ1) is 12.7. The van der Waals surface area contributed by atoms with Crippen molar-refractivity contribution in [2.45, 2.75) is 51.7 Å². The average molecular weight is 374 g/mol. The molecule has 0 aliphatic carbocycles. The number of rotatable bonds is 3. The summed E-state index contributed by atoms with van der Waals surface area (Å²) in [6.45, 7) is 10.4. The van der Waals surface area contributed by atoms with Crippen LogP contribution in [0.5, 0.6) is 0 Å². The van der Waals surface area contributed by atoms with Gasteiger partial charge >= 0.3 is 0 Å². The Morgan fingerprint density at radius 1 is 1.07 bits per heavy atom. The molecule has 0 saturated carbocycles. The molecule has 6 nitrogen and oxygen atoms in total. The number of nitrogens with zero attached hydrogens (tertiary/aromatic N) is 2. The highest BCUT2D eigenvalue weighted by Gasteiger charge is 2.40. The molecule has 2 amide bonds. The number of piperidine rings is 1. The minimum atomic E-state index is -0.500. The molecule has 1 aromatic rings. The van der Waals surface area contributed by atoms with Crippen LogP contribution in [0.2, 0.25) is 0 Å². The Balaban J connectivity index is 1.64. The average Bonchev–Trinajstić information content (AvgIpc) is 3.07. The highest BCUT2D eigenvalue weighted by Crippen LogP contribution is 2.31. The molecule has 0 atom stereocenters. The predicted octanol–water partition coefficient (Wildman–Crippen LogP) is 2.70. The van der Waals surface area contributed by atoms with Crippen LogP contribution in [0.1, 0.15) is 46.1 Å². The van der Waals surface area contributed by atoms with Crippen LogP contribution >= 0.6 is 0 Å². The fourth-order valence-electron chi connectivity index (χ4n) is 3.64. The van der Waals surface area contributed by atoms with Crippen molar-refractivity contribution in [1.29, 1.82) is 0 Å². The lowest BCUT2D eigenvalue weighted by molar-refractivity contribution is -0.187. The minimum Gasteiger partial charge on any atom is -0.347 e. The zero-order valence-electron chi connectivity index (χ0n) is 16.8. The largest absolute Gasteiger partial charge is 0.347 e. The second kappa shape index (κ2) is 7.60. The predicted molar refractivity (Wildman–Crippen MR) is 104 cm³/mol. The molecular formula is C21H30N2O4. The van der Waals surface area contributed by atoms with E-state index in [-0.39, 0.29) is 23.8 Å². The van der Waals surface area contributed by atoms with E-state index in [4.69, 9.17) is 9.47 Å². The molecule has 2 aliphatic heterocycles. The van der Waals surface area contributed by atoms with Gasteiger partial charge in [-0.1, -0.05) is 32.9 Å². The minimum absolute atomic E-state index is 0.0436. The summed E-state index contributed by atoms with van der Waals surface area (Å²) in [5.41, 5.74) is 1.99. The SMILES string of the molecule is CC(=O)N(CC(=O)N1CCC2(CC1)OCCO2)c1ccc(C(C)(C)C)cc1. The molecular weight excluding hydrogens is 344 g/mol. The molecule has 6 heteroatoms. The van der Waals surface area contributed by atoms with Gasteiger partial charge in [-0.05, 0) is 23.1 Å². The Labute approximate surface area is 161 Å². The van der Waals surface area contributed by atoms with Gasteiger partial charge in [-0.15, -0.1) is 0 Å². The van der Waals surface area contributed by atoms with E-state index >= 15 is 0 Å². The second-order valence-electron chi connectivity index (χ2n) is 8.39. The standard InChI is InChI=1S/C21H30N2O4/c1-16(24)23(18-7-5-17(6-8-18)20(2,3)4)15-19(25)22-11-9-21(10-12-22)26-13-14-27-21/h5-8H,9-15H2,1-4H3. The van der Waals surface area contributed by atoms with Crippen molar-refractivity contribution in [3.63, 3.8) is 0 Å². The number of hydrogen-bond donors (Lipinski definition) is 0. The first-order valence-corrected chi connectivity index (χ1v) is 9.65. The highest BCUT2D eigenvalue weighted by atomic mass is 16.7. The summed E-state index contributed by atoms with van der Waals surface area (Å²) in [6.07, 6.45) is 1.36. The first kappa shape index (κ1) is 19.8. The lowest BCUT2D eigenvalue weighted by Crippen LogP contribution is -2.50. The number of benzene rings is 1. The maximum Gasteiger partial charge on any atom is 0.242 e. The number of anilines is 1. The van der Waals surface area contributed by atoms with Gasteiger partial charge in [0.25, 0.3) is 0 Å². The Hall–Kier alpha value is -1.92. The quantitative estimate of drug-likeness (QED) is 0.816. The fourth-order valence-corrected chi connectivity index (χ4v) is 3.64. The number of hydrogen-bond acceptors (Lipinski definition) is 4. The Morgan fingerprint density at radius 3 is 2.11 bits per heavy atom. The molecule has 3 rings (SSSR count). The van der Waals surface area contributed by atoms with Gasteiger partial charge in [0.1, 0.15) is 6.54 Å². The van der Waals surface area contributed by atoms with Gasteiger partial charge in [0.2, 0.25) is 11.8 Å². The van der Waals surface area contributed by atoms with E-state index in [1.165, 1.54) is 12.5 Å². The van der Waals surface area contributed by atoms with E-state index in [0.717, 1.165) is 5.69 Å². The first-order valence-electron chi connectivity index (χ1n) is 9.65. The van der Waals surface area contributed by atoms with Crippen LogP contribution in [-0.4, -0.2) is 55.3 Å². The summed E-state index contributed by atoms with van der Waals surface area (Å²) in [5, 5.41) is 0. The number of carbonyl (C=O) groups excluding carboxylic acids is 2.